The number of hydrogen-bond donors (Lipinski definition) is 2. The summed E-state index contributed by atoms with van der Waals surface area (Å²) in [6, 6.07) is 17.0. The average Bonchev–Trinajstić information content (AvgIpc) is 2.76. The molecule has 3 N–H and O–H groups in total. The van der Waals surface area contributed by atoms with Crippen molar-refractivity contribution in [3.05, 3.63) is 65.2 Å². The lowest BCUT2D eigenvalue weighted by molar-refractivity contribution is 0.201. The molecular formula is C18H22N2O. The highest BCUT2D eigenvalue weighted by molar-refractivity contribution is 5.43. The summed E-state index contributed by atoms with van der Waals surface area (Å²) in [6.07, 6.45) is 1.97. The molecule has 0 saturated carbocycles. The molecule has 0 radical (unpaired) electrons. The normalized spacial score (nSPS) is 19.2. The summed E-state index contributed by atoms with van der Waals surface area (Å²) >= 11 is 0. The SMILES string of the molecule is CC[C@H](N)c1cccc(C2CCNOc3ccccc32)c1. The molecule has 2 aromatic rings. The fraction of sp³-hybridized carbons (Fsp3) is 0.333. The molecule has 1 heterocycles. The molecule has 0 saturated heterocycles. The Morgan fingerprint density at radius 2 is 2.10 bits per heavy atom. The van der Waals surface area contributed by atoms with Crippen molar-refractivity contribution in [1.82, 2.24) is 5.48 Å². The van der Waals surface area contributed by atoms with Gasteiger partial charge in [0.2, 0.25) is 0 Å². The summed E-state index contributed by atoms with van der Waals surface area (Å²) in [5.74, 6) is 1.27. The van der Waals surface area contributed by atoms with Gasteiger partial charge in [-0.15, -0.1) is 0 Å². The largest absolute Gasteiger partial charge is 0.408 e. The number of para-hydroxylation sites is 1. The van der Waals surface area contributed by atoms with Gasteiger partial charge >= 0.3 is 0 Å². The van der Waals surface area contributed by atoms with E-state index in [9.17, 15) is 0 Å². The summed E-state index contributed by atoms with van der Waals surface area (Å²) in [4.78, 5) is 5.62. The minimum absolute atomic E-state index is 0.111. The van der Waals surface area contributed by atoms with Crippen molar-refractivity contribution >= 4 is 0 Å². The Hall–Kier alpha value is -1.84. The van der Waals surface area contributed by atoms with Gasteiger partial charge in [0.15, 0.2) is 5.75 Å². The number of rotatable bonds is 3. The van der Waals surface area contributed by atoms with Crippen LogP contribution in [0.15, 0.2) is 48.5 Å². The number of hydrogen-bond acceptors (Lipinski definition) is 3. The molecule has 0 spiro atoms. The number of benzene rings is 2. The van der Waals surface area contributed by atoms with Gasteiger partial charge in [-0.25, -0.2) is 0 Å². The van der Waals surface area contributed by atoms with Crippen LogP contribution in [-0.4, -0.2) is 6.54 Å². The van der Waals surface area contributed by atoms with Crippen LogP contribution in [0.3, 0.4) is 0 Å². The van der Waals surface area contributed by atoms with Gasteiger partial charge in [-0.2, -0.15) is 5.48 Å². The predicted octanol–water partition coefficient (Wildman–Crippen LogP) is 3.52. The molecule has 2 aromatic carbocycles. The van der Waals surface area contributed by atoms with Crippen LogP contribution < -0.4 is 16.1 Å². The molecule has 1 aliphatic rings. The summed E-state index contributed by atoms with van der Waals surface area (Å²) in [6.45, 7) is 2.96. The van der Waals surface area contributed by atoms with E-state index in [0.717, 1.165) is 25.1 Å². The van der Waals surface area contributed by atoms with Crippen LogP contribution in [0.5, 0.6) is 5.75 Å². The zero-order valence-corrected chi connectivity index (χ0v) is 12.4. The van der Waals surface area contributed by atoms with Crippen molar-refractivity contribution in [3.8, 4) is 5.75 Å². The third kappa shape index (κ3) is 2.94. The molecule has 0 aliphatic carbocycles. The fourth-order valence-electron chi connectivity index (χ4n) is 2.94. The lowest BCUT2D eigenvalue weighted by atomic mass is 9.86. The Morgan fingerprint density at radius 3 is 2.95 bits per heavy atom. The topological polar surface area (TPSA) is 47.3 Å². The van der Waals surface area contributed by atoms with Crippen LogP contribution in [0.25, 0.3) is 0 Å². The van der Waals surface area contributed by atoms with Crippen molar-refractivity contribution in [2.75, 3.05) is 6.54 Å². The van der Waals surface area contributed by atoms with Gasteiger partial charge in [-0.1, -0.05) is 49.4 Å². The van der Waals surface area contributed by atoms with Gasteiger partial charge in [0, 0.05) is 24.1 Å². The lowest BCUT2D eigenvalue weighted by Crippen LogP contribution is -2.18. The highest BCUT2D eigenvalue weighted by atomic mass is 16.6. The van der Waals surface area contributed by atoms with Crippen molar-refractivity contribution in [2.45, 2.75) is 31.7 Å². The number of nitrogens with one attached hydrogen (secondary N) is 1. The maximum absolute atomic E-state index is 6.18. The minimum atomic E-state index is 0.111. The first-order chi connectivity index (χ1) is 10.3. The van der Waals surface area contributed by atoms with Gasteiger partial charge in [0.1, 0.15) is 0 Å². The predicted molar refractivity (Wildman–Crippen MR) is 85.2 cm³/mol. The Labute approximate surface area is 126 Å². The second kappa shape index (κ2) is 6.29. The Bertz CT molecular complexity index is 612. The van der Waals surface area contributed by atoms with E-state index < -0.39 is 0 Å². The van der Waals surface area contributed by atoms with E-state index in [1.165, 1.54) is 16.7 Å². The summed E-state index contributed by atoms with van der Waals surface area (Å²) < 4.78 is 0. The van der Waals surface area contributed by atoms with Gasteiger partial charge in [-0.3, -0.25) is 0 Å². The molecule has 3 nitrogen and oxygen atoms in total. The van der Waals surface area contributed by atoms with Crippen molar-refractivity contribution in [1.29, 1.82) is 0 Å². The second-order valence-corrected chi connectivity index (χ2v) is 5.56. The zero-order valence-electron chi connectivity index (χ0n) is 12.4. The van der Waals surface area contributed by atoms with Crippen LogP contribution in [0.1, 0.15) is 48.4 Å². The number of nitrogens with two attached hydrogens (primary N) is 1. The lowest BCUT2D eigenvalue weighted by Gasteiger charge is -2.18. The van der Waals surface area contributed by atoms with Gasteiger partial charge < -0.3 is 10.6 Å². The molecule has 0 bridgehead atoms. The van der Waals surface area contributed by atoms with E-state index in [-0.39, 0.29) is 6.04 Å². The van der Waals surface area contributed by atoms with Gasteiger partial charge in [0.25, 0.3) is 0 Å². The first-order valence-corrected chi connectivity index (χ1v) is 7.63. The van der Waals surface area contributed by atoms with Gasteiger partial charge in [-0.05, 0) is 30.0 Å². The Morgan fingerprint density at radius 1 is 1.24 bits per heavy atom. The smallest absolute Gasteiger partial charge is 0.150 e. The highest BCUT2D eigenvalue weighted by Gasteiger charge is 2.21. The number of hydroxylamine groups is 1. The van der Waals surface area contributed by atoms with E-state index in [2.05, 4.69) is 48.8 Å². The summed E-state index contributed by atoms with van der Waals surface area (Å²) in [7, 11) is 0. The molecule has 0 fully saturated rings. The van der Waals surface area contributed by atoms with E-state index in [1.807, 2.05) is 12.1 Å². The van der Waals surface area contributed by atoms with Crippen LogP contribution in [-0.2, 0) is 0 Å². The maximum atomic E-state index is 6.18. The molecule has 0 aromatic heterocycles. The van der Waals surface area contributed by atoms with Crippen LogP contribution in [0, 0.1) is 0 Å². The third-order valence-electron chi connectivity index (χ3n) is 4.19. The third-order valence-corrected chi connectivity index (χ3v) is 4.19. The Balaban J connectivity index is 2.00. The van der Waals surface area contributed by atoms with Gasteiger partial charge in [0.05, 0.1) is 0 Å². The molecule has 0 amide bonds. The Kier molecular flexibility index (Phi) is 4.23. The molecule has 2 atom stereocenters. The average molecular weight is 282 g/mol. The molecule has 3 heteroatoms. The standard InChI is InChI=1S/C18H22N2O/c1-2-17(19)14-7-5-6-13(12-14)15-10-11-20-21-18-9-4-3-8-16(15)18/h3-9,12,15,17,20H,2,10-11,19H2,1H3/t15?,17-/m0/s1. The van der Waals surface area contributed by atoms with Crippen molar-refractivity contribution in [3.63, 3.8) is 0 Å². The van der Waals surface area contributed by atoms with E-state index in [1.54, 1.807) is 0 Å². The number of fused-ring (bicyclic) bond motifs is 1. The quantitative estimate of drug-likeness (QED) is 0.905. The second-order valence-electron chi connectivity index (χ2n) is 5.56. The summed E-state index contributed by atoms with van der Waals surface area (Å²) in [5.41, 5.74) is 13.0. The van der Waals surface area contributed by atoms with Crippen molar-refractivity contribution in [2.24, 2.45) is 5.73 Å². The molecule has 21 heavy (non-hydrogen) atoms. The first kappa shape index (κ1) is 14.1. The fourth-order valence-corrected chi connectivity index (χ4v) is 2.94. The highest BCUT2D eigenvalue weighted by Crippen LogP contribution is 2.36. The van der Waals surface area contributed by atoms with Crippen LogP contribution in [0.2, 0.25) is 0 Å². The van der Waals surface area contributed by atoms with Crippen molar-refractivity contribution < 1.29 is 4.84 Å². The monoisotopic (exact) mass is 282 g/mol. The molecule has 1 aliphatic heterocycles. The molecule has 110 valence electrons. The molecule has 3 rings (SSSR count). The first-order valence-electron chi connectivity index (χ1n) is 7.63. The molecular weight excluding hydrogens is 260 g/mol. The van der Waals surface area contributed by atoms with E-state index in [0.29, 0.717) is 5.92 Å². The zero-order chi connectivity index (χ0) is 14.7. The van der Waals surface area contributed by atoms with Crippen LogP contribution >= 0.6 is 0 Å². The van der Waals surface area contributed by atoms with E-state index in [4.69, 9.17) is 10.6 Å². The van der Waals surface area contributed by atoms with E-state index >= 15 is 0 Å². The van der Waals surface area contributed by atoms with Crippen LogP contribution in [0.4, 0.5) is 0 Å². The molecule has 1 unspecified atom stereocenters. The summed E-state index contributed by atoms with van der Waals surface area (Å²) in [5, 5.41) is 0. The maximum Gasteiger partial charge on any atom is 0.150 e. The minimum Gasteiger partial charge on any atom is -0.408 e.